The lowest BCUT2D eigenvalue weighted by Gasteiger charge is -2.38. The molecule has 228 valence electrons. The fourth-order valence-corrected chi connectivity index (χ4v) is 6.14. The van der Waals surface area contributed by atoms with Crippen molar-refractivity contribution in [3.8, 4) is 0 Å². The average molecular weight is 569 g/mol. The van der Waals surface area contributed by atoms with Crippen LogP contribution in [0.4, 0.5) is 0 Å². The van der Waals surface area contributed by atoms with Crippen LogP contribution >= 0.6 is 0 Å². The Morgan fingerprint density at radius 3 is 1.74 bits per heavy atom. The van der Waals surface area contributed by atoms with E-state index in [9.17, 15) is 10.2 Å². The van der Waals surface area contributed by atoms with Gasteiger partial charge in [-0.15, -0.1) is 0 Å². The zero-order valence-electron chi connectivity index (χ0n) is 27.9. The van der Waals surface area contributed by atoms with E-state index < -0.39 is 0 Å². The molecule has 0 saturated carbocycles. The number of rotatable bonds is 10. The summed E-state index contributed by atoms with van der Waals surface area (Å²) < 4.78 is 0. The van der Waals surface area contributed by atoms with Gasteiger partial charge in [-0.05, 0) is 77.2 Å². The maximum absolute atomic E-state index is 10.1. The van der Waals surface area contributed by atoms with Crippen molar-refractivity contribution >= 4 is 0 Å². The summed E-state index contributed by atoms with van der Waals surface area (Å²) in [6, 6.07) is 0. The van der Waals surface area contributed by atoms with Gasteiger partial charge < -0.3 is 10.2 Å². The van der Waals surface area contributed by atoms with Crippen LogP contribution in [0.2, 0.25) is 0 Å². The Balaban J connectivity index is 1.90. The van der Waals surface area contributed by atoms with Crippen molar-refractivity contribution in [2.24, 2.45) is 16.7 Å². The summed E-state index contributed by atoms with van der Waals surface area (Å²) in [7, 11) is 0. The quantitative estimate of drug-likeness (QED) is 0.203. The molecular formula is C40H56O2. The Hall–Kier alpha value is -2.94. The van der Waals surface area contributed by atoms with Crippen molar-refractivity contribution in [3.05, 3.63) is 130 Å². The predicted octanol–water partition coefficient (Wildman–Crippen LogP) is 10.4. The van der Waals surface area contributed by atoms with Crippen LogP contribution < -0.4 is 0 Å². The van der Waals surface area contributed by atoms with Crippen LogP contribution in [0.1, 0.15) is 88.5 Å². The molecule has 2 heteroatoms. The Morgan fingerprint density at radius 2 is 1.21 bits per heavy atom. The van der Waals surface area contributed by atoms with Crippen molar-refractivity contribution < 1.29 is 10.2 Å². The molecule has 2 rings (SSSR count). The number of hydrogen-bond acceptors (Lipinski definition) is 2. The molecule has 0 bridgehead atoms. The van der Waals surface area contributed by atoms with Crippen molar-refractivity contribution in [1.29, 1.82) is 0 Å². The molecule has 0 spiro atoms. The number of allylic oxidation sites excluding steroid dienone is 20. The third-order valence-corrected chi connectivity index (χ3v) is 8.33. The third-order valence-electron chi connectivity index (χ3n) is 8.33. The van der Waals surface area contributed by atoms with Gasteiger partial charge in [-0.2, -0.15) is 0 Å². The molecule has 2 aliphatic rings. The van der Waals surface area contributed by atoms with Gasteiger partial charge in [0, 0.05) is 5.92 Å². The number of aliphatic hydroxyl groups excluding tert-OH is 2. The molecule has 2 N–H and O–H groups in total. The van der Waals surface area contributed by atoms with Gasteiger partial charge in [0.1, 0.15) is 0 Å². The molecule has 0 saturated heterocycles. The molecule has 2 nitrogen and oxygen atoms in total. The first-order valence-electron chi connectivity index (χ1n) is 15.4. The van der Waals surface area contributed by atoms with Crippen molar-refractivity contribution in [1.82, 2.24) is 0 Å². The fourth-order valence-electron chi connectivity index (χ4n) is 6.14. The van der Waals surface area contributed by atoms with E-state index in [2.05, 4.69) is 154 Å². The van der Waals surface area contributed by atoms with Crippen LogP contribution in [0.25, 0.3) is 0 Å². The minimum atomic E-state index is -0.331. The highest BCUT2D eigenvalue weighted by atomic mass is 16.3. The van der Waals surface area contributed by atoms with Crippen LogP contribution in [0.3, 0.4) is 0 Å². The lowest BCUT2D eigenvalue weighted by Crippen LogP contribution is -2.32. The van der Waals surface area contributed by atoms with Crippen LogP contribution in [-0.4, -0.2) is 22.4 Å². The summed E-state index contributed by atoms with van der Waals surface area (Å²) in [5, 5.41) is 20.2. The van der Waals surface area contributed by atoms with Gasteiger partial charge >= 0.3 is 0 Å². The SMILES string of the molecule is CC1=C[C@H](O)CC(C)(C)[C@H]1/C=C/C(C)=C/C=C/C(C)=C/C=C/C=C(C)\C=C\C=C(C)\C=C\C1=C(C)C[C@H](O)CC1(C)C. The monoisotopic (exact) mass is 568 g/mol. The van der Waals surface area contributed by atoms with E-state index in [1.165, 1.54) is 39.0 Å². The van der Waals surface area contributed by atoms with Crippen LogP contribution in [0.5, 0.6) is 0 Å². The Kier molecular flexibility index (Phi) is 13.5. The molecule has 42 heavy (non-hydrogen) atoms. The second-order valence-electron chi connectivity index (χ2n) is 13.7. The van der Waals surface area contributed by atoms with E-state index >= 15 is 0 Å². The van der Waals surface area contributed by atoms with Crippen molar-refractivity contribution in [2.45, 2.75) is 101 Å². The summed E-state index contributed by atoms with van der Waals surface area (Å²) in [6.07, 6.45) is 33.8. The van der Waals surface area contributed by atoms with Gasteiger partial charge in [0.05, 0.1) is 12.2 Å². The van der Waals surface area contributed by atoms with Gasteiger partial charge in [-0.25, -0.2) is 0 Å². The molecule has 0 amide bonds. The minimum Gasteiger partial charge on any atom is -0.393 e. The molecule has 2 aliphatic carbocycles. The highest BCUT2D eigenvalue weighted by Gasteiger charge is 2.34. The normalized spacial score (nSPS) is 26.6. The lowest BCUT2D eigenvalue weighted by atomic mass is 9.67. The summed E-state index contributed by atoms with van der Waals surface area (Å²) in [6.45, 7) is 21.6. The molecule has 0 aliphatic heterocycles. The molecule has 0 radical (unpaired) electrons. The summed E-state index contributed by atoms with van der Waals surface area (Å²) in [5.74, 6) is 0.348. The molecule has 0 aromatic heterocycles. The van der Waals surface area contributed by atoms with Crippen LogP contribution in [-0.2, 0) is 0 Å². The van der Waals surface area contributed by atoms with Gasteiger partial charge in [0.25, 0.3) is 0 Å². The predicted molar refractivity (Wildman–Crippen MR) is 184 cm³/mol. The summed E-state index contributed by atoms with van der Waals surface area (Å²) >= 11 is 0. The molecular weight excluding hydrogens is 512 g/mol. The molecule has 0 heterocycles. The third kappa shape index (κ3) is 11.7. The Bertz CT molecular complexity index is 1270. The minimum absolute atomic E-state index is 0.00528. The molecule has 0 aromatic rings. The van der Waals surface area contributed by atoms with Crippen molar-refractivity contribution in [2.75, 3.05) is 0 Å². The van der Waals surface area contributed by atoms with E-state index in [-0.39, 0.29) is 23.0 Å². The maximum Gasteiger partial charge on any atom is 0.0729 e. The second kappa shape index (κ2) is 16.1. The molecule has 0 unspecified atom stereocenters. The second-order valence-corrected chi connectivity index (χ2v) is 13.7. The van der Waals surface area contributed by atoms with Gasteiger partial charge in [-0.1, -0.05) is 152 Å². The maximum atomic E-state index is 10.1. The van der Waals surface area contributed by atoms with Crippen LogP contribution in [0.15, 0.2) is 130 Å². The largest absolute Gasteiger partial charge is 0.393 e. The first-order valence-corrected chi connectivity index (χ1v) is 15.4. The van der Waals surface area contributed by atoms with Gasteiger partial charge in [0.2, 0.25) is 0 Å². The standard InChI is InChI=1S/C40H56O2/c1-29(17-13-19-31(3)21-23-37-33(5)25-35(41)27-39(37,7)8)15-11-12-16-30(2)18-14-20-32(4)22-24-38-34(6)26-36(42)28-40(38,9)10/h11-25,35-37,41-42H,26-28H2,1-10H3/b12-11+,17-13+,18-14+,23-21+,24-22+,29-15+,30-16-,31-19+,32-20+/t35-,36-,37-/m0/s1. The zero-order chi connectivity index (χ0) is 31.5. The Labute approximate surface area is 257 Å². The van der Waals surface area contributed by atoms with Crippen LogP contribution in [0, 0.1) is 16.7 Å². The Morgan fingerprint density at radius 1 is 0.714 bits per heavy atom. The van der Waals surface area contributed by atoms with E-state index in [0.717, 1.165) is 19.3 Å². The molecule has 3 atom stereocenters. The summed E-state index contributed by atoms with van der Waals surface area (Å²) in [4.78, 5) is 0. The first kappa shape index (κ1) is 35.3. The van der Waals surface area contributed by atoms with Gasteiger partial charge in [-0.3, -0.25) is 0 Å². The highest BCUT2D eigenvalue weighted by Crippen LogP contribution is 2.42. The number of hydrogen-bond donors (Lipinski definition) is 2. The lowest BCUT2D eigenvalue weighted by molar-refractivity contribution is 0.116. The highest BCUT2D eigenvalue weighted by molar-refractivity contribution is 5.38. The zero-order valence-corrected chi connectivity index (χ0v) is 27.9. The first-order chi connectivity index (χ1) is 19.6. The summed E-state index contributed by atoms with van der Waals surface area (Å²) in [5.41, 5.74) is 8.73. The smallest absolute Gasteiger partial charge is 0.0729 e. The number of aliphatic hydroxyl groups is 2. The van der Waals surface area contributed by atoms with E-state index in [0.29, 0.717) is 5.92 Å². The van der Waals surface area contributed by atoms with E-state index in [1.807, 2.05) is 6.08 Å². The topological polar surface area (TPSA) is 40.5 Å². The fraction of sp³-hybridized carbons (Fsp3) is 0.450. The van der Waals surface area contributed by atoms with Crippen molar-refractivity contribution in [3.63, 3.8) is 0 Å². The van der Waals surface area contributed by atoms with E-state index in [4.69, 9.17) is 0 Å². The molecule has 0 fully saturated rings. The van der Waals surface area contributed by atoms with E-state index in [1.54, 1.807) is 0 Å². The average Bonchev–Trinajstić information content (AvgIpc) is 2.84. The molecule has 0 aromatic carbocycles. The van der Waals surface area contributed by atoms with Gasteiger partial charge in [0.15, 0.2) is 0 Å².